The number of hydrogen-bond acceptors (Lipinski definition) is 3. The highest BCUT2D eigenvalue weighted by Gasteiger charge is 2.33. The van der Waals surface area contributed by atoms with Crippen molar-refractivity contribution in [2.75, 3.05) is 17.2 Å². The van der Waals surface area contributed by atoms with Crippen LogP contribution in [0.25, 0.3) is 0 Å². The molecule has 0 bridgehead atoms. The van der Waals surface area contributed by atoms with Gasteiger partial charge in [0.05, 0.1) is 12.1 Å². The molecule has 0 aliphatic heterocycles. The first-order valence-corrected chi connectivity index (χ1v) is 7.04. The summed E-state index contributed by atoms with van der Waals surface area (Å²) in [6, 6.07) is 7.95. The highest BCUT2D eigenvalue weighted by atomic mass is 32.1. The van der Waals surface area contributed by atoms with E-state index in [4.69, 9.17) is 5.73 Å². The third-order valence-electron chi connectivity index (χ3n) is 3.02. The van der Waals surface area contributed by atoms with E-state index in [1.807, 2.05) is 29.3 Å². The number of anilines is 2. The molecule has 0 radical (unpaired) electrons. The first kappa shape index (κ1) is 14.7. The molecule has 2 rings (SSSR count). The Morgan fingerprint density at radius 1 is 1.25 bits per heavy atom. The van der Waals surface area contributed by atoms with Gasteiger partial charge in [-0.05, 0) is 36.6 Å². The van der Waals surface area contributed by atoms with Crippen molar-refractivity contribution in [1.29, 1.82) is 0 Å². The smallest absolute Gasteiger partial charge is 0.398 e. The predicted octanol–water partition coefficient (Wildman–Crippen LogP) is 4.38. The van der Waals surface area contributed by atoms with Gasteiger partial charge in [-0.1, -0.05) is 6.07 Å². The average Bonchev–Trinajstić information content (AvgIpc) is 2.88. The lowest BCUT2D eigenvalue weighted by Gasteiger charge is -2.24. The average molecular weight is 300 g/mol. The van der Waals surface area contributed by atoms with E-state index in [0.717, 1.165) is 10.9 Å². The van der Waals surface area contributed by atoms with E-state index in [1.54, 1.807) is 17.4 Å². The maximum atomic E-state index is 12.9. The Hall–Kier alpha value is -1.69. The number of nitrogens with zero attached hydrogens (tertiary/aromatic N) is 1. The minimum absolute atomic E-state index is 0.242. The summed E-state index contributed by atoms with van der Waals surface area (Å²) in [5, 5.41) is 1.95. The largest absolute Gasteiger partial charge is 0.418 e. The van der Waals surface area contributed by atoms with Crippen LogP contribution in [0.3, 0.4) is 0 Å². The predicted molar refractivity (Wildman–Crippen MR) is 76.9 cm³/mol. The molecule has 1 aromatic heterocycles. The molecule has 20 heavy (non-hydrogen) atoms. The Kier molecular flexibility index (Phi) is 4.23. The SMILES string of the molecule is CCN(Cc1cccs1)c1ccc(N)c(C(F)(F)F)c1. The van der Waals surface area contributed by atoms with Gasteiger partial charge >= 0.3 is 6.18 Å². The lowest BCUT2D eigenvalue weighted by molar-refractivity contribution is -0.136. The fourth-order valence-electron chi connectivity index (χ4n) is 1.96. The van der Waals surface area contributed by atoms with E-state index in [2.05, 4.69) is 0 Å². The molecule has 0 saturated carbocycles. The van der Waals surface area contributed by atoms with Crippen LogP contribution in [0.4, 0.5) is 24.5 Å². The Balaban J connectivity index is 2.30. The second kappa shape index (κ2) is 5.75. The van der Waals surface area contributed by atoms with Gasteiger partial charge in [-0.3, -0.25) is 0 Å². The van der Waals surface area contributed by atoms with E-state index < -0.39 is 11.7 Å². The molecule has 0 amide bonds. The molecule has 0 unspecified atom stereocenters. The number of hydrogen-bond donors (Lipinski definition) is 1. The van der Waals surface area contributed by atoms with E-state index >= 15 is 0 Å². The van der Waals surface area contributed by atoms with Gasteiger partial charge in [-0.2, -0.15) is 13.2 Å². The molecule has 0 fully saturated rings. The first-order valence-electron chi connectivity index (χ1n) is 6.16. The van der Waals surface area contributed by atoms with Crippen molar-refractivity contribution in [3.63, 3.8) is 0 Å². The molecular formula is C14H15F3N2S. The zero-order valence-electron chi connectivity index (χ0n) is 10.9. The van der Waals surface area contributed by atoms with Crippen LogP contribution in [0.1, 0.15) is 17.4 Å². The van der Waals surface area contributed by atoms with E-state index in [1.165, 1.54) is 6.07 Å². The Morgan fingerprint density at radius 3 is 2.55 bits per heavy atom. The molecule has 0 spiro atoms. The van der Waals surface area contributed by atoms with Crippen molar-refractivity contribution in [1.82, 2.24) is 0 Å². The zero-order chi connectivity index (χ0) is 14.8. The fourth-order valence-corrected chi connectivity index (χ4v) is 2.68. The van der Waals surface area contributed by atoms with E-state index in [0.29, 0.717) is 18.8 Å². The number of halogens is 3. The number of rotatable bonds is 4. The monoisotopic (exact) mass is 300 g/mol. The summed E-state index contributed by atoms with van der Waals surface area (Å²) in [6.07, 6.45) is -4.43. The van der Waals surface area contributed by atoms with Gasteiger partial charge in [0.15, 0.2) is 0 Å². The topological polar surface area (TPSA) is 29.3 Å². The van der Waals surface area contributed by atoms with Crippen LogP contribution in [-0.4, -0.2) is 6.54 Å². The number of thiophene rings is 1. The molecular weight excluding hydrogens is 285 g/mol. The standard InChI is InChI=1S/C14H15F3N2S/c1-2-19(9-11-4-3-7-20-11)10-5-6-13(18)12(8-10)14(15,16)17/h3-8H,2,9,18H2,1H3. The Labute approximate surface area is 119 Å². The maximum Gasteiger partial charge on any atom is 0.418 e. The molecule has 108 valence electrons. The highest BCUT2D eigenvalue weighted by molar-refractivity contribution is 7.09. The number of benzene rings is 1. The number of nitrogens with two attached hydrogens (primary N) is 1. The molecule has 0 saturated heterocycles. The summed E-state index contributed by atoms with van der Waals surface area (Å²) >= 11 is 1.59. The second-order valence-corrected chi connectivity index (χ2v) is 5.40. The fraction of sp³-hybridized carbons (Fsp3) is 0.286. The summed E-state index contributed by atoms with van der Waals surface area (Å²) in [5.74, 6) is 0. The lowest BCUT2D eigenvalue weighted by Crippen LogP contribution is -2.22. The zero-order valence-corrected chi connectivity index (χ0v) is 11.8. The van der Waals surface area contributed by atoms with Gasteiger partial charge in [-0.25, -0.2) is 0 Å². The van der Waals surface area contributed by atoms with E-state index in [9.17, 15) is 13.2 Å². The normalized spacial score (nSPS) is 11.6. The molecule has 1 heterocycles. The van der Waals surface area contributed by atoms with Crippen molar-refractivity contribution in [3.05, 3.63) is 46.2 Å². The van der Waals surface area contributed by atoms with Crippen LogP contribution in [0.5, 0.6) is 0 Å². The molecule has 0 aliphatic carbocycles. The van der Waals surface area contributed by atoms with Crippen LogP contribution >= 0.6 is 11.3 Å². The first-order chi connectivity index (χ1) is 9.41. The van der Waals surface area contributed by atoms with Crippen LogP contribution < -0.4 is 10.6 Å². The van der Waals surface area contributed by atoms with Gasteiger partial charge in [0.2, 0.25) is 0 Å². The lowest BCUT2D eigenvalue weighted by atomic mass is 10.1. The van der Waals surface area contributed by atoms with Crippen molar-refractivity contribution in [2.45, 2.75) is 19.6 Å². The molecule has 2 aromatic rings. The minimum atomic E-state index is -4.43. The van der Waals surface area contributed by atoms with Crippen LogP contribution in [0, 0.1) is 0 Å². The maximum absolute atomic E-state index is 12.9. The van der Waals surface area contributed by atoms with Crippen LogP contribution in [0.15, 0.2) is 35.7 Å². The summed E-state index contributed by atoms with van der Waals surface area (Å²) < 4.78 is 38.6. The van der Waals surface area contributed by atoms with Crippen molar-refractivity contribution in [3.8, 4) is 0 Å². The molecule has 2 N–H and O–H groups in total. The van der Waals surface area contributed by atoms with Gasteiger partial charge < -0.3 is 10.6 Å². The Bertz CT molecular complexity index is 564. The number of nitrogen functional groups attached to an aromatic ring is 1. The third-order valence-corrected chi connectivity index (χ3v) is 3.88. The van der Waals surface area contributed by atoms with Crippen LogP contribution in [-0.2, 0) is 12.7 Å². The summed E-state index contributed by atoms with van der Waals surface area (Å²) in [7, 11) is 0. The van der Waals surface area contributed by atoms with Gasteiger partial charge in [0.25, 0.3) is 0 Å². The van der Waals surface area contributed by atoms with E-state index in [-0.39, 0.29) is 5.69 Å². The molecule has 0 aliphatic rings. The second-order valence-electron chi connectivity index (χ2n) is 4.36. The summed E-state index contributed by atoms with van der Waals surface area (Å²) in [6.45, 7) is 3.13. The van der Waals surface area contributed by atoms with Gasteiger partial charge in [-0.15, -0.1) is 11.3 Å². The summed E-state index contributed by atoms with van der Waals surface area (Å²) in [4.78, 5) is 3.00. The van der Waals surface area contributed by atoms with Gasteiger partial charge in [0.1, 0.15) is 0 Å². The van der Waals surface area contributed by atoms with Crippen LogP contribution in [0.2, 0.25) is 0 Å². The number of alkyl halides is 3. The van der Waals surface area contributed by atoms with Gasteiger partial charge in [0, 0.05) is 22.8 Å². The highest BCUT2D eigenvalue weighted by Crippen LogP contribution is 2.36. The van der Waals surface area contributed by atoms with Crippen molar-refractivity contribution >= 4 is 22.7 Å². The molecule has 0 atom stereocenters. The van der Waals surface area contributed by atoms with Crippen molar-refractivity contribution < 1.29 is 13.2 Å². The van der Waals surface area contributed by atoms with Crippen molar-refractivity contribution in [2.24, 2.45) is 0 Å². The molecule has 2 nitrogen and oxygen atoms in total. The third kappa shape index (κ3) is 3.25. The Morgan fingerprint density at radius 2 is 2.00 bits per heavy atom. The minimum Gasteiger partial charge on any atom is -0.398 e. The quantitative estimate of drug-likeness (QED) is 0.849. The molecule has 6 heteroatoms. The summed E-state index contributed by atoms with van der Waals surface area (Å²) in [5.41, 5.74) is 4.93. The molecule has 1 aromatic carbocycles.